The Morgan fingerprint density at radius 3 is 2.07 bits per heavy atom. The van der Waals surface area contributed by atoms with Crippen molar-refractivity contribution >= 4 is 65.1 Å². The van der Waals surface area contributed by atoms with Gasteiger partial charge in [-0.15, -0.1) is 0 Å². The van der Waals surface area contributed by atoms with Crippen LogP contribution in [0.2, 0.25) is 0 Å². The van der Waals surface area contributed by atoms with E-state index in [-0.39, 0.29) is 64.7 Å². The van der Waals surface area contributed by atoms with Crippen LogP contribution >= 0.6 is 0 Å². The second-order valence-electron chi connectivity index (χ2n) is 2.44. The summed E-state index contributed by atoms with van der Waals surface area (Å²) in [5, 5.41) is 18.9. The van der Waals surface area contributed by atoms with E-state index in [1.165, 1.54) is 12.1 Å². The number of rotatable bonds is 3. The molecule has 1 N–H and O–H groups in total. The van der Waals surface area contributed by atoms with Gasteiger partial charge in [-0.25, -0.2) is 4.79 Å². The summed E-state index contributed by atoms with van der Waals surface area (Å²) in [6.07, 6.45) is 0. The molecule has 0 aromatic heterocycles. The van der Waals surface area contributed by atoms with E-state index < -0.39 is 16.9 Å². The first-order valence-electron chi connectivity index (χ1n) is 3.54. The standard InChI is InChI=1S/C8H7NO4.2Na.2H/c10-8(11)7(9(12)13)6-4-2-1-3-5-6;;;;/h1-5,7H,(H,10,11);;;;. The summed E-state index contributed by atoms with van der Waals surface area (Å²) in [7, 11) is 0. The Hall–Kier alpha value is 0.0900. The minimum absolute atomic E-state index is 0. The molecule has 15 heavy (non-hydrogen) atoms. The van der Waals surface area contributed by atoms with Crippen molar-refractivity contribution in [1.82, 2.24) is 0 Å². The van der Waals surface area contributed by atoms with Gasteiger partial charge >= 0.3 is 71.1 Å². The van der Waals surface area contributed by atoms with Gasteiger partial charge in [-0.3, -0.25) is 10.1 Å². The number of hydrogen-bond acceptors (Lipinski definition) is 3. The van der Waals surface area contributed by atoms with Gasteiger partial charge in [0.25, 0.3) is 0 Å². The zero-order valence-electron chi connectivity index (χ0n) is 6.58. The molecule has 0 aliphatic heterocycles. The fourth-order valence-electron chi connectivity index (χ4n) is 0.990. The average molecular weight is 229 g/mol. The van der Waals surface area contributed by atoms with Gasteiger partial charge in [-0.2, -0.15) is 0 Å². The van der Waals surface area contributed by atoms with Crippen molar-refractivity contribution in [3.63, 3.8) is 0 Å². The van der Waals surface area contributed by atoms with Gasteiger partial charge in [0.2, 0.25) is 0 Å². The molecule has 0 fully saturated rings. The molecule has 1 unspecified atom stereocenters. The molecule has 0 saturated carbocycles. The van der Waals surface area contributed by atoms with Crippen molar-refractivity contribution in [2.45, 2.75) is 6.04 Å². The number of nitrogens with zero attached hydrogens (tertiary/aromatic N) is 1. The summed E-state index contributed by atoms with van der Waals surface area (Å²) in [5.74, 6) is -1.45. The second-order valence-corrected chi connectivity index (χ2v) is 2.44. The van der Waals surface area contributed by atoms with Crippen LogP contribution in [0.15, 0.2) is 30.3 Å². The van der Waals surface area contributed by atoms with E-state index in [1.54, 1.807) is 18.2 Å². The maximum absolute atomic E-state index is 10.5. The van der Waals surface area contributed by atoms with E-state index in [0.29, 0.717) is 0 Å². The molecule has 1 atom stereocenters. The molecule has 0 aliphatic carbocycles. The van der Waals surface area contributed by atoms with E-state index in [2.05, 4.69) is 0 Å². The zero-order valence-corrected chi connectivity index (χ0v) is 6.58. The molecule has 0 spiro atoms. The van der Waals surface area contributed by atoms with Crippen molar-refractivity contribution in [3.05, 3.63) is 46.0 Å². The van der Waals surface area contributed by atoms with Crippen LogP contribution in [0.4, 0.5) is 0 Å². The number of carbonyl (C=O) groups is 1. The summed E-state index contributed by atoms with van der Waals surface area (Å²) >= 11 is 0. The van der Waals surface area contributed by atoms with Gasteiger partial charge in [-0.05, 0) is 0 Å². The van der Waals surface area contributed by atoms with E-state index in [9.17, 15) is 14.9 Å². The van der Waals surface area contributed by atoms with Gasteiger partial charge in [0.1, 0.15) is 0 Å². The van der Waals surface area contributed by atoms with Crippen molar-refractivity contribution in [2.24, 2.45) is 0 Å². The zero-order chi connectivity index (χ0) is 9.84. The van der Waals surface area contributed by atoms with Crippen LogP contribution in [0.1, 0.15) is 11.6 Å². The summed E-state index contributed by atoms with van der Waals surface area (Å²) < 4.78 is 0. The molecule has 1 aromatic carbocycles. The first-order valence-corrected chi connectivity index (χ1v) is 3.54. The third kappa shape index (κ3) is 5.10. The Balaban J connectivity index is 0. The number of carboxylic acid groups (broad SMARTS) is 1. The predicted octanol–water partition coefficient (Wildman–Crippen LogP) is -0.208. The first kappa shape index (κ1) is 17.5. The SMILES string of the molecule is O=C(O)C(c1ccccc1)[N+](=O)[O-].[NaH].[NaH]. The Labute approximate surface area is 131 Å². The topological polar surface area (TPSA) is 80.4 Å². The minimum atomic E-state index is -1.67. The molecule has 0 aliphatic rings. The molecule has 0 amide bonds. The Morgan fingerprint density at radius 2 is 1.73 bits per heavy atom. The van der Waals surface area contributed by atoms with Gasteiger partial charge < -0.3 is 5.11 Å². The molecule has 0 heterocycles. The van der Waals surface area contributed by atoms with Crippen molar-refractivity contribution < 1.29 is 14.8 Å². The summed E-state index contributed by atoms with van der Waals surface area (Å²) in [6.45, 7) is 0. The third-order valence-electron chi connectivity index (χ3n) is 1.56. The number of carboxylic acids is 1. The van der Waals surface area contributed by atoms with Crippen LogP contribution in [-0.4, -0.2) is 75.1 Å². The molecule has 0 radical (unpaired) electrons. The monoisotopic (exact) mass is 229 g/mol. The molecule has 7 heteroatoms. The first-order chi connectivity index (χ1) is 6.13. The fraction of sp³-hybridized carbons (Fsp3) is 0.125. The Kier molecular flexibility index (Phi) is 9.63. The molecule has 0 saturated heterocycles. The van der Waals surface area contributed by atoms with E-state index in [1.807, 2.05) is 0 Å². The van der Waals surface area contributed by atoms with E-state index in [4.69, 9.17) is 5.11 Å². The summed E-state index contributed by atoms with van der Waals surface area (Å²) in [5.41, 5.74) is 0.181. The van der Waals surface area contributed by atoms with Crippen molar-refractivity contribution in [3.8, 4) is 0 Å². The van der Waals surface area contributed by atoms with Crippen LogP contribution in [-0.2, 0) is 4.79 Å². The fourth-order valence-corrected chi connectivity index (χ4v) is 0.990. The number of nitro groups is 1. The molecular weight excluding hydrogens is 220 g/mol. The number of hydrogen-bond donors (Lipinski definition) is 1. The molecule has 0 bridgehead atoms. The van der Waals surface area contributed by atoms with Crippen LogP contribution in [0.25, 0.3) is 0 Å². The van der Waals surface area contributed by atoms with E-state index >= 15 is 0 Å². The maximum atomic E-state index is 10.5. The normalized spacial score (nSPS) is 10.4. The molecule has 1 rings (SSSR count). The average Bonchev–Trinajstić information content (AvgIpc) is 2.04. The van der Waals surface area contributed by atoms with Gasteiger partial charge in [0, 0.05) is 10.5 Å². The van der Waals surface area contributed by atoms with Crippen LogP contribution < -0.4 is 0 Å². The second kappa shape index (κ2) is 8.27. The Bertz CT molecular complexity index is 317. The van der Waals surface area contributed by atoms with Crippen LogP contribution in [0.5, 0.6) is 0 Å². The summed E-state index contributed by atoms with van der Waals surface area (Å²) in [4.78, 5) is 20.0. The number of aliphatic carboxylic acids is 1. The predicted molar refractivity (Wildman–Crippen MR) is 58.1 cm³/mol. The van der Waals surface area contributed by atoms with Gasteiger partial charge in [0.15, 0.2) is 0 Å². The molecule has 1 aromatic rings. The third-order valence-corrected chi connectivity index (χ3v) is 1.56. The summed E-state index contributed by atoms with van der Waals surface area (Å²) in [6, 6.07) is 5.97. The quantitative estimate of drug-likeness (QED) is 0.442. The molecule has 72 valence electrons. The van der Waals surface area contributed by atoms with E-state index in [0.717, 1.165) is 0 Å². The van der Waals surface area contributed by atoms with Crippen LogP contribution in [0.3, 0.4) is 0 Å². The van der Waals surface area contributed by atoms with Crippen molar-refractivity contribution in [2.75, 3.05) is 0 Å². The molecular formula is C8H9NNa2O4. The van der Waals surface area contributed by atoms with Crippen molar-refractivity contribution in [1.29, 1.82) is 0 Å². The van der Waals surface area contributed by atoms with Crippen LogP contribution in [0, 0.1) is 10.1 Å². The van der Waals surface area contributed by atoms with Gasteiger partial charge in [0.05, 0.1) is 0 Å². The number of benzene rings is 1. The van der Waals surface area contributed by atoms with Gasteiger partial charge in [-0.1, -0.05) is 30.3 Å². The Morgan fingerprint density at radius 1 is 1.27 bits per heavy atom. The molecule has 5 nitrogen and oxygen atoms in total.